The van der Waals surface area contributed by atoms with E-state index < -0.39 is 17.8 Å². The molecule has 1 aliphatic heterocycles. The molecule has 1 saturated heterocycles. The lowest BCUT2D eigenvalue weighted by Gasteiger charge is -2.16. The minimum atomic E-state index is -0.777. The van der Waals surface area contributed by atoms with E-state index in [4.69, 9.17) is 0 Å². The second-order valence-corrected chi connectivity index (χ2v) is 7.28. The highest BCUT2D eigenvalue weighted by atomic mass is 32.1. The fraction of sp³-hybridized carbons (Fsp3) is 0.333. The van der Waals surface area contributed by atoms with Gasteiger partial charge in [0.2, 0.25) is 0 Å². The van der Waals surface area contributed by atoms with E-state index in [1.807, 2.05) is 36.1 Å². The van der Waals surface area contributed by atoms with Gasteiger partial charge in [-0.1, -0.05) is 13.8 Å². The Morgan fingerprint density at radius 3 is 2.52 bits per heavy atom. The van der Waals surface area contributed by atoms with E-state index in [-0.39, 0.29) is 19.0 Å². The highest BCUT2D eigenvalue weighted by Crippen LogP contribution is 2.27. The number of carbonyl (C=O) groups excluding carboxylic acids is 3. The van der Waals surface area contributed by atoms with Gasteiger partial charge in [-0.25, -0.2) is 14.7 Å². The molecule has 2 aromatic rings. The minimum Gasteiger partial charge on any atom is -0.263 e. The maximum Gasteiger partial charge on any atom is 0.334 e. The van der Waals surface area contributed by atoms with Crippen LogP contribution in [0.25, 0.3) is 10.6 Å². The second kappa shape index (κ2) is 6.21. The molecule has 3 rings (SSSR count). The third-order valence-corrected chi connectivity index (χ3v) is 4.95. The summed E-state index contributed by atoms with van der Waals surface area (Å²) in [7, 11) is 0. The third kappa shape index (κ3) is 3.04. The van der Waals surface area contributed by atoms with Gasteiger partial charge in [0.05, 0.1) is 12.2 Å². The SMILES string of the molecule is CC(C)CN1C(=O)C(=O)N(Cc2csc(-c3ccsc3)n2)C1=O. The maximum absolute atomic E-state index is 12.3. The minimum absolute atomic E-state index is 0.0264. The fourth-order valence-corrected chi connectivity index (χ4v) is 3.80. The molecule has 0 bridgehead atoms. The van der Waals surface area contributed by atoms with Crippen LogP contribution in [0.5, 0.6) is 0 Å². The number of nitrogens with zero attached hydrogens (tertiary/aromatic N) is 3. The molecule has 4 amide bonds. The summed E-state index contributed by atoms with van der Waals surface area (Å²) in [6.07, 6.45) is 0. The fourth-order valence-electron chi connectivity index (χ4n) is 2.28. The van der Waals surface area contributed by atoms with Gasteiger partial charge in [0, 0.05) is 22.9 Å². The Labute approximate surface area is 141 Å². The quantitative estimate of drug-likeness (QED) is 0.615. The van der Waals surface area contributed by atoms with Crippen molar-refractivity contribution in [3.8, 4) is 10.6 Å². The van der Waals surface area contributed by atoms with E-state index in [2.05, 4.69) is 4.98 Å². The van der Waals surface area contributed by atoms with Crippen LogP contribution in [-0.2, 0) is 16.1 Å². The number of imide groups is 2. The number of amides is 4. The lowest BCUT2D eigenvalue weighted by atomic mass is 10.2. The average Bonchev–Trinajstić information content (AvgIpc) is 3.21. The first-order valence-electron chi connectivity index (χ1n) is 7.11. The number of aromatic nitrogens is 1. The largest absolute Gasteiger partial charge is 0.334 e. The van der Waals surface area contributed by atoms with Gasteiger partial charge in [-0.2, -0.15) is 11.3 Å². The lowest BCUT2D eigenvalue weighted by molar-refractivity contribution is -0.143. The molecule has 6 nitrogen and oxygen atoms in total. The molecule has 0 spiro atoms. The Bertz CT molecular complexity index is 752. The van der Waals surface area contributed by atoms with Crippen molar-refractivity contribution >= 4 is 40.5 Å². The Hall–Kier alpha value is -2.06. The molecule has 2 aromatic heterocycles. The van der Waals surface area contributed by atoms with E-state index >= 15 is 0 Å². The van der Waals surface area contributed by atoms with Gasteiger partial charge in [-0.15, -0.1) is 11.3 Å². The summed E-state index contributed by atoms with van der Waals surface area (Å²) in [5.74, 6) is -1.42. The first kappa shape index (κ1) is 15.8. The van der Waals surface area contributed by atoms with Gasteiger partial charge in [-0.3, -0.25) is 14.5 Å². The molecule has 0 aliphatic carbocycles. The number of urea groups is 1. The van der Waals surface area contributed by atoms with Crippen LogP contribution in [0.15, 0.2) is 22.2 Å². The zero-order valence-corrected chi connectivity index (χ0v) is 14.3. The number of hydrogen-bond acceptors (Lipinski definition) is 6. The van der Waals surface area contributed by atoms with Crippen molar-refractivity contribution in [1.29, 1.82) is 0 Å². The van der Waals surface area contributed by atoms with Gasteiger partial charge < -0.3 is 0 Å². The first-order valence-corrected chi connectivity index (χ1v) is 8.94. The standard InChI is InChI=1S/C15H15N3O3S2/c1-9(2)5-17-13(19)14(20)18(15(17)21)6-11-8-23-12(16-11)10-3-4-22-7-10/h3-4,7-9H,5-6H2,1-2H3. The van der Waals surface area contributed by atoms with Crippen molar-refractivity contribution in [2.45, 2.75) is 20.4 Å². The van der Waals surface area contributed by atoms with E-state index in [1.54, 1.807) is 11.3 Å². The Morgan fingerprint density at radius 1 is 1.13 bits per heavy atom. The van der Waals surface area contributed by atoms with Crippen molar-refractivity contribution in [3.05, 3.63) is 27.9 Å². The molecule has 1 aliphatic rings. The molecular weight excluding hydrogens is 334 g/mol. The summed E-state index contributed by atoms with van der Waals surface area (Å²) < 4.78 is 0. The first-order chi connectivity index (χ1) is 11.0. The summed E-state index contributed by atoms with van der Waals surface area (Å²) in [6, 6.07) is 1.41. The van der Waals surface area contributed by atoms with E-state index in [0.29, 0.717) is 5.69 Å². The molecule has 0 unspecified atom stereocenters. The summed E-state index contributed by atoms with van der Waals surface area (Å²) in [6.45, 7) is 4.05. The van der Waals surface area contributed by atoms with Crippen molar-refractivity contribution in [2.24, 2.45) is 5.92 Å². The Balaban J connectivity index is 1.76. The van der Waals surface area contributed by atoms with Gasteiger partial charge in [0.1, 0.15) is 5.01 Å². The van der Waals surface area contributed by atoms with E-state index in [1.165, 1.54) is 11.3 Å². The number of hydrogen-bond donors (Lipinski definition) is 0. The monoisotopic (exact) mass is 349 g/mol. The van der Waals surface area contributed by atoms with Gasteiger partial charge in [-0.05, 0) is 17.4 Å². The number of rotatable bonds is 5. The van der Waals surface area contributed by atoms with Crippen LogP contribution in [0.2, 0.25) is 0 Å². The lowest BCUT2D eigenvalue weighted by Crippen LogP contribution is -2.35. The summed E-state index contributed by atoms with van der Waals surface area (Å²) in [5.41, 5.74) is 1.62. The van der Waals surface area contributed by atoms with Crippen LogP contribution >= 0.6 is 22.7 Å². The predicted molar refractivity (Wildman–Crippen MR) is 87.9 cm³/mol. The second-order valence-electron chi connectivity index (χ2n) is 5.64. The average molecular weight is 349 g/mol. The molecular formula is C15H15N3O3S2. The number of carbonyl (C=O) groups is 3. The highest BCUT2D eigenvalue weighted by molar-refractivity contribution is 7.14. The molecule has 1 fully saturated rings. The molecule has 0 aromatic carbocycles. The molecule has 0 saturated carbocycles. The van der Waals surface area contributed by atoms with Crippen LogP contribution < -0.4 is 0 Å². The van der Waals surface area contributed by atoms with E-state index in [0.717, 1.165) is 20.4 Å². The van der Waals surface area contributed by atoms with Crippen LogP contribution in [0, 0.1) is 5.92 Å². The maximum atomic E-state index is 12.3. The highest BCUT2D eigenvalue weighted by Gasteiger charge is 2.44. The van der Waals surface area contributed by atoms with E-state index in [9.17, 15) is 14.4 Å². The van der Waals surface area contributed by atoms with Crippen molar-refractivity contribution in [3.63, 3.8) is 0 Å². The van der Waals surface area contributed by atoms with Gasteiger partial charge in [0.25, 0.3) is 0 Å². The zero-order chi connectivity index (χ0) is 16.6. The number of thiazole rings is 1. The zero-order valence-electron chi connectivity index (χ0n) is 12.7. The van der Waals surface area contributed by atoms with Crippen LogP contribution in [0.3, 0.4) is 0 Å². The molecule has 3 heterocycles. The smallest absolute Gasteiger partial charge is 0.263 e. The van der Waals surface area contributed by atoms with Crippen molar-refractivity contribution in [2.75, 3.05) is 6.54 Å². The van der Waals surface area contributed by atoms with Gasteiger partial charge >= 0.3 is 17.8 Å². The van der Waals surface area contributed by atoms with Crippen LogP contribution in [-0.4, -0.2) is 39.2 Å². The van der Waals surface area contributed by atoms with Crippen molar-refractivity contribution in [1.82, 2.24) is 14.8 Å². The molecule has 8 heteroatoms. The molecule has 23 heavy (non-hydrogen) atoms. The predicted octanol–water partition coefficient (Wildman–Crippen LogP) is 2.82. The molecule has 0 atom stereocenters. The summed E-state index contributed by atoms with van der Waals surface area (Å²) >= 11 is 3.03. The number of thiophene rings is 1. The van der Waals surface area contributed by atoms with Crippen LogP contribution in [0.1, 0.15) is 19.5 Å². The Kier molecular flexibility index (Phi) is 4.27. The third-order valence-electron chi connectivity index (χ3n) is 3.32. The van der Waals surface area contributed by atoms with Crippen molar-refractivity contribution < 1.29 is 14.4 Å². The molecule has 0 radical (unpaired) electrons. The molecule has 120 valence electrons. The Morgan fingerprint density at radius 2 is 1.87 bits per heavy atom. The van der Waals surface area contributed by atoms with Gasteiger partial charge in [0.15, 0.2) is 0 Å². The summed E-state index contributed by atoms with van der Waals surface area (Å²) in [4.78, 5) is 42.7. The normalized spacial score (nSPS) is 15.3. The summed E-state index contributed by atoms with van der Waals surface area (Å²) in [5, 5.41) is 6.60. The topological polar surface area (TPSA) is 70.6 Å². The molecule has 0 N–H and O–H groups in total. The van der Waals surface area contributed by atoms with Crippen LogP contribution in [0.4, 0.5) is 4.79 Å².